The van der Waals surface area contributed by atoms with Gasteiger partial charge in [-0.25, -0.2) is 4.79 Å². The molecule has 1 heterocycles. The van der Waals surface area contributed by atoms with Gasteiger partial charge in [0.15, 0.2) is 6.61 Å². The molecule has 1 amide bonds. The molecule has 23 heavy (non-hydrogen) atoms. The van der Waals surface area contributed by atoms with Gasteiger partial charge in [-0.2, -0.15) is 0 Å². The van der Waals surface area contributed by atoms with Crippen molar-refractivity contribution in [3.05, 3.63) is 65.1 Å². The molecule has 0 fully saturated rings. The number of furan rings is 1. The number of benzene rings is 1. The molecular formula is C17H16ClNO4. The van der Waals surface area contributed by atoms with Crippen LogP contribution in [0.5, 0.6) is 0 Å². The maximum absolute atomic E-state index is 11.8. The van der Waals surface area contributed by atoms with E-state index in [0.29, 0.717) is 10.8 Å². The molecule has 2 rings (SSSR count). The summed E-state index contributed by atoms with van der Waals surface area (Å²) >= 11 is 5.91. The fraction of sp³-hybridized carbons (Fsp3) is 0.176. The molecule has 5 nitrogen and oxygen atoms in total. The second-order valence-corrected chi connectivity index (χ2v) is 5.24. The second-order valence-electron chi connectivity index (χ2n) is 4.80. The van der Waals surface area contributed by atoms with Gasteiger partial charge in [-0.15, -0.1) is 0 Å². The Bertz CT molecular complexity index is 694. The van der Waals surface area contributed by atoms with Crippen LogP contribution in [0.15, 0.2) is 53.2 Å². The smallest absolute Gasteiger partial charge is 0.331 e. The second kappa shape index (κ2) is 8.19. The van der Waals surface area contributed by atoms with Crippen LogP contribution in [-0.2, 0) is 14.3 Å². The summed E-state index contributed by atoms with van der Waals surface area (Å²) in [6.45, 7) is 1.47. The monoisotopic (exact) mass is 333 g/mol. The van der Waals surface area contributed by atoms with Gasteiger partial charge < -0.3 is 14.5 Å². The molecule has 0 spiro atoms. The number of hydrogen-bond acceptors (Lipinski definition) is 4. The molecule has 0 bridgehead atoms. The quantitative estimate of drug-likeness (QED) is 0.650. The molecule has 0 aliphatic heterocycles. The number of carbonyl (C=O) groups excluding carboxylic acids is 2. The Morgan fingerprint density at radius 2 is 2.17 bits per heavy atom. The molecule has 1 N–H and O–H groups in total. The zero-order valence-electron chi connectivity index (χ0n) is 12.5. The summed E-state index contributed by atoms with van der Waals surface area (Å²) in [4.78, 5) is 23.3. The molecule has 6 heteroatoms. The first-order valence-electron chi connectivity index (χ1n) is 6.98. The third kappa shape index (κ3) is 5.64. The Kier molecular flexibility index (Phi) is 6.00. The highest BCUT2D eigenvalue weighted by Crippen LogP contribution is 2.17. The van der Waals surface area contributed by atoms with Gasteiger partial charge in [0.25, 0.3) is 5.91 Å². The van der Waals surface area contributed by atoms with Crippen LogP contribution in [0.3, 0.4) is 0 Å². The Labute approximate surface area is 138 Å². The van der Waals surface area contributed by atoms with Gasteiger partial charge in [0.05, 0.1) is 12.3 Å². The van der Waals surface area contributed by atoms with Crippen LogP contribution in [0.4, 0.5) is 0 Å². The number of rotatable bonds is 6. The van der Waals surface area contributed by atoms with E-state index in [4.69, 9.17) is 20.8 Å². The average Bonchev–Trinajstić information content (AvgIpc) is 3.04. The zero-order valence-corrected chi connectivity index (χ0v) is 13.2. The third-order valence-electron chi connectivity index (χ3n) is 3.00. The van der Waals surface area contributed by atoms with Crippen LogP contribution < -0.4 is 5.32 Å². The van der Waals surface area contributed by atoms with Crippen molar-refractivity contribution in [2.45, 2.75) is 13.0 Å². The Hall–Kier alpha value is -2.53. The van der Waals surface area contributed by atoms with Gasteiger partial charge in [-0.3, -0.25) is 4.79 Å². The van der Waals surface area contributed by atoms with E-state index in [0.717, 1.165) is 5.56 Å². The normalized spacial score (nSPS) is 12.1. The fourth-order valence-electron chi connectivity index (χ4n) is 1.86. The molecule has 0 saturated carbocycles. The van der Waals surface area contributed by atoms with E-state index in [1.807, 2.05) is 13.0 Å². The van der Waals surface area contributed by atoms with E-state index in [-0.39, 0.29) is 12.6 Å². The van der Waals surface area contributed by atoms with Gasteiger partial charge in [-0.05, 0) is 42.8 Å². The lowest BCUT2D eigenvalue weighted by molar-refractivity contribution is -0.144. The zero-order chi connectivity index (χ0) is 16.7. The Morgan fingerprint density at radius 1 is 1.35 bits per heavy atom. The largest absolute Gasteiger partial charge is 0.465 e. The van der Waals surface area contributed by atoms with E-state index in [2.05, 4.69) is 5.32 Å². The maximum atomic E-state index is 11.8. The minimum Gasteiger partial charge on any atom is -0.465 e. The highest BCUT2D eigenvalue weighted by atomic mass is 35.5. The number of esters is 1. The number of amides is 1. The lowest BCUT2D eigenvalue weighted by Gasteiger charge is -2.14. The summed E-state index contributed by atoms with van der Waals surface area (Å²) in [6.07, 6.45) is 4.16. The minimum atomic E-state index is -0.619. The molecule has 0 saturated heterocycles. The van der Waals surface area contributed by atoms with E-state index < -0.39 is 11.9 Å². The van der Waals surface area contributed by atoms with Gasteiger partial charge in [0.1, 0.15) is 5.76 Å². The molecule has 0 radical (unpaired) electrons. The lowest BCUT2D eigenvalue weighted by atomic mass is 10.1. The standard InChI is InChI=1S/C17H16ClNO4/c1-12(13-4-2-5-14(18)10-13)19-16(20)11-23-17(21)8-7-15-6-3-9-22-15/h2-10,12H,11H2,1H3,(H,19,20)/b8-7+/t12-/m1/s1. The molecule has 1 aromatic carbocycles. The summed E-state index contributed by atoms with van der Waals surface area (Å²) in [5.74, 6) is -0.481. The van der Waals surface area contributed by atoms with Crippen LogP contribution in [0.25, 0.3) is 6.08 Å². The first-order chi connectivity index (χ1) is 11.0. The van der Waals surface area contributed by atoms with Crippen molar-refractivity contribution in [3.8, 4) is 0 Å². The van der Waals surface area contributed by atoms with E-state index in [1.165, 1.54) is 18.4 Å². The summed E-state index contributed by atoms with van der Waals surface area (Å²) in [7, 11) is 0. The number of halogens is 1. The summed E-state index contributed by atoms with van der Waals surface area (Å²) in [5.41, 5.74) is 0.870. The summed E-state index contributed by atoms with van der Waals surface area (Å²) < 4.78 is 9.89. The van der Waals surface area contributed by atoms with Gasteiger partial charge in [0.2, 0.25) is 0 Å². The van der Waals surface area contributed by atoms with Crippen molar-refractivity contribution < 1.29 is 18.7 Å². The van der Waals surface area contributed by atoms with E-state index in [1.54, 1.807) is 30.3 Å². The van der Waals surface area contributed by atoms with Crippen molar-refractivity contribution in [1.29, 1.82) is 0 Å². The average molecular weight is 334 g/mol. The number of ether oxygens (including phenoxy) is 1. The molecule has 120 valence electrons. The Morgan fingerprint density at radius 3 is 2.87 bits per heavy atom. The lowest BCUT2D eigenvalue weighted by Crippen LogP contribution is -2.30. The predicted molar refractivity (Wildman–Crippen MR) is 86.7 cm³/mol. The van der Waals surface area contributed by atoms with Crippen LogP contribution >= 0.6 is 11.6 Å². The fourth-order valence-corrected chi connectivity index (χ4v) is 2.06. The molecule has 1 aromatic heterocycles. The summed E-state index contributed by atoms with van der Waals surface area (Å²) in [5, 5.41) is 3.33. The first-order valence-corrected chi connectivity index (χ1v) is 7.35. The highest BCUT2D eigenvalue weighted by Gasteiger charge is 2.11. The third-order valence-corrected chi connectivity index (χ3v) is 3.23. The van der Waals surface area contributed by atoms with Crippen molar-refractivity contribution in [2.24, 2.45) is 0 Å². The molecule has 0 aliphatic carbocycles. The van der Waals surface area contributed by atoms with Crippen molar-refractivity contribution in [1.82, 2.24) is 5.32 Å². The molecule has 1 atom stereocenters. The van der Waals surface area contributed by atoms with E-state index in [9.17, 15) is 9.59 Å². The predicted octanol–water partition coefficient (Wildman–Crippen LogP) is 3.37. The van der Waals surface area contributed by atoms with Gasteiger partial charge in [-0.1, -0.05) is 23.7 Å². The van der Waals surface area contributed by atoms with Crippen molar-refractivity contribution in [3.63, 3.8) is 0 Å². The van der Waals surface area contributed by atoms with Crippen LogP contribution in [0.1, 0.15) is 24.3 Å². The van der Waals surface area contributed by atoms with Gasteiger partial charge >= 0.3 is 5.97 Å². The molecule has 0 unspecified atom stereocenters. The number of nitrogens with one attached hydrogen (secondary N) is 1. The van der Waals surface area contributed by atoms with Crippen LogP contribution in [0.2, 0.25) is 5.02 Å². The molecule has 0 aliphatic rings. The summed E-state index contributed by atoms with van der Waals surface area (Å²) in [6, 6.07) is 10.4. The van der Waals surface area contributed by atoms with E-state index >= 15 is 0 Å². The minimum absolute atomic E-state index is 0.237. The number of hydrogen-bond donors (Lipinski definition) is 1. The van der Waals surface area contributed by atoms with Crippen LogP contribution in [-0.4, -0.2) is 18.5 Å². The number of carbonyl (C=O) groups is 2. The van der Waals surface area contributed by atoms with Gasteiger partial charge in [0, 0.05) is 11.1 Å². The van der Waals surface area contributed by atoms with Crippen LogP contribution in [0, 0.1) is 0 Å². The molecule has 2 aromatic rings. The Balaban J connectivity index is 1.77. The highest BCUT2D eigenvalue weighted by molar-refractivity contribution is 6.30. The first kappa shape index (κ1) is 16.8. The molecular weight excluding hydrogens is 318 g/mol. The van der Waals surface area contributed by atoms with Crippen molar-refractivity contribution in [2.75, 3.05) is 6.61 Å². The van der Waals surface area contributed by atoms with Crippen molar-refractivity contribution >= 4 is 29.6 Å². The SMILES string of the molecule is C[C@@H](NC(=O)COC(=O)/C=C/c1ccco1)c1cccc(Cl)c1. The maximum Gasteiger partial charge on any atom is 0.331 e. The topological polar surface area (TPSA) is 68.5 Å².